The highest BCUT2D eigenvalue weighted by Gasteiger charge is 2.16. The summed E-state index contributed by atoms with van der Waals surface area (Å²) in [4.78, 5) is 16.8. The van der Waals surface area contributed by atoms with Crippen LogP contribution in [0.3, 0.4) is 0 Å². The molecule has 2 aromatic heterocycles. The molecule has 0 saturated carbocycles. The molecule has 24 heavy (non-hydrogen) atoms. The van der Waals surface area contributed by atoms with Gasteiger partial charge in [-0.15, -0.1) is 0 Å². The lowest BCUT2D eigenvalue weighted by Crippen LogP contribution is -2.20. The van der Waals surface area contributed by atoms with E-state index in [-0.39, 0.29) is 5.91 Å². The summed E-state index contributed by atoms with van der Waals surface area (Å²) < 4.78 is 2.55. The molecule has 5 nitrogen and oxygen atoms in total. The first-order valence-corrected chi connectivity index (χ1v) is 8.43. The third-order valence-electron chi connectivity index (χ3n) is 3.30. The van der Waals surface area contributed by atoms with Gasteiger partial charge < -0.3 is 0 Å². The van der Waals surface area contributed by atoms with Crippen LogP contribution in [0.1, 0.15) is 21.7 Å². The lowest BCUT2D eigenvalue weighted by Gasteiger charge is -2.03. The highest BCUT2D eigenvalue weighted by molar-refractivity contribution is 9.10. The standard InChI is InChI=1S/C16H11BrCl2N4O/c1-9-15(23-8-11(17)3-5-14(23)21-9)16(24)22-20-7-10-2-4-12(18)6-13(10)19/h2-8H,1H3,(H,22,24)/b20-7+. The first-order chi connectivity index (χ1) is 11.5. The van der Waals surface area contributed by atoms with Crippen molar-refractivity contribution in [2.24, 2.45) is 5.10 Å². The minimum absolute atomic E-state index is 0.362. The number of nitrogens with zero attached hydrogens (tertiary/aromatic N) is 3. The van der Waals surface area contributed by atoms with Crippen LogP contribution in [0.2, 0.25) is 10.0 Å². The number of benzene rings is 1. The van der Waals surface area contributed by atoms with E-state index in [0.717, 1.165) is 4.47 Å². The number of hydrogen-bond donors (Lipinski definition) is 1. The van der Waals surface area contributed by atoms with Gasteiger partial charge in [0.25, 0.3) is 5.91 Å². The maximum absolute atomic E-state index is 12.4. The van der Waals surface area contributed by atoms with Crippen molar-refractivity contribution in [2.45, 2.75) is 6.92 Å². The van der Waals surface area contributed by atoms with E-state index in [2.05, 4.69) is 31.4 Å². The smallest absolute Gasteiger partial charge is 0.290 e. The van der Waals surface area contributed by atoms with E-state index >= 15 is 0 Å². The number of carbonyl (C=O) groups excluding carboxylic acids is 1. The quantitative estimate of drug-likeness (QED) is 0.496. The highest BCUT2D eigenvalue weighted by atomic mass is 79.9. The summed E-state index contributed by atoms with van der Waals surface area (Å²) in [7, 11) is 0. The fourth-order valence-electron chi connectivity index (χ4n) is 2.23. The number of fused-ring (bicyclic) bond motifs is 1. The Bertz CT molecular complexity index is 968. The van der Waals surface area contributed by atoms with Gasteiger partial charge in [0.15, 0.2) is 0 Å². The third-order valence-corrected chi connectivity index (χ3v) is 4.34. The second kappa shape index (κ2) is 6.93. The molecular weight excluding hydrogens is 415 g/mol. The number of aromatic nitrogens is 2. The number of pyridine rings is 1. The Morgan fingerprint density at radius 2 is 2.12 bits per heavy atom. The van der Waals surface area contributed by atoms with Crippen molar-refractivity contribution in [3.05, 3.63) is 68.0 Å². The summed E-state index contributed by atoms with van der Waals surface area (Å²) in [5, 5.41) is 4.94. The zero-order chi connectivity index (χ0) is 17.3. The summed E-state index contributed by atoms with van der Waals surface area (Å²) in [5.41, 5.74) is 4.87. The van der Waals surface area contributed by atoms with Crippen LogP contribution in [0.25, 0.3) is 5.65 Å². The van der Waals surface area contributed by atoms with Crippen molar-refractivity contribution in [1.82, 2.24) is 14.8 Å². The molecule has 3 aromatic rings. The van der Waals surface area contributed by atoms with E-state index in [1.807, 2.05) is 12.1 Å². The van der Waals surface area contributed by atoms with Crippen molar-refractivity contribution in [1.29, 1.82) is 0 Å². The number of rotatable bonds is 3. The minimum Gasteiger partial charge on any atom is -0.294 e. The molecule has 3 rings (SSSR count). The van der Waals surface area contributed by atoms with Crippen molar-refractivity contribution in [3.8, 4) is 0 Å². The van der Waals surface area contributed by atoms with Gasteiger partial charge in [-0.3, -0.25) is 9.20 Å². The Balaban J connectivity index is 1.84. The van der Waals surface area contributed by atoms with E-state index in [1.165, 1.54) is 6.21 Å². The molecule has 0 fully saturated rings. The number of hydrazone groups is 1. The third kappa shape index (κ3) is 3.45. The monoisotopic (exact) mass is 424 g/mol. The SMILES string of the molecule is Cc1nc2ccc(Br)cn2c1C(=O)N/N=C/c1ccc(Cl)cc1Cl. The molecule has 0 atom stereocenters. The van der Waals surface area contributed by atoms with Crippen molar-refractivity contribution < 1.29 is 4.79 Å². The largest absolute Gasteiger partial charge is 0.294 e. The molecular formula is C16H11BrCl2N4O. The second-order valence-electron chi connectivity index (χ2n) is 4.99. The van der Waals surface area contributed by atoms with Gasteiger partial charge in [-0.2, -0.15) is 5.10 Å². The Morgan fingerprint density at radius 3 is 2.88 bits per heavy atom. The number of hydrogen-bond acceptors (Lipinski definition) is 3. The molecule has 0 saturated heterocycles. The fourth-order valence-corrected chi connectivity index (χ4v) is 3.02. The topological polar surface area (TPSA) is 58.8 Å². The summed E-state index contributed by atoms with van der Waals surface area (Å²) in [5.74, 6) is -0.362. The molecule has 0 radical (unpaired) electrons. The highest BCUT2D eigenvalue weighted by Crippen LogP contribution is 2.19. The van der Waals surface area contributed by atoms with Crippen molar-refractivity contribution >= 4 is 56.9 Å². The van der Waals surface area contributed by atoms with E-state index in [9.17, 15) is 4.79 Å². The molecule has 1 N–H and O–H groups in total. The average Bonchev–Trinajstić information content (AvgIpc) is 2.84. The molecule has 8 heteroatoms. The number of imidazole rings is 1. The van der Waals surface area contributed by atoms with Crippen LogP contribution in [-0.4, -0.2) is 21.5 Å². The molecule has 2 heterocycles. The number of amides is 1. The Labute approximate surface area is 156 Å². The summed E-state index contributed by atoms with van der Waals surface area (Å²) in [6, 6.07) is 8.72. The predicted molar refractivity (Wildman–Crippen MR) is 99.2 cm³/mol. The first-order valence-electron chi connectivity index (χ1n) is 6.88. The van der Waals surface area contributed by atoms with E-state index < -0.39 is 0 Å². The Morgan fingerprint density at radius 1 is 1.33 bits per heavy atom. The van der Waals surface area contributed by atoms with Gasteiger partial charge >= 0.3 is 0 Å². The zero-order valence-electron chi connectivity index (χ0n) is 12.4. The fraction of sp³-hybridized carbons (Fsp3) is 0.0625. The van der Waals surface area contributed by atoms with Gasteiger partial charge in [0.05, 0.1) is 16.9 Å². The Hall–Kier alpha value is -1.89. The van der Waals surface area contributed by atoms with Gasteiger partial charge in [0.1, 0.15) is 11.3 Å². The maximum Gasteiger partial charge on any atom is 0.290 e. The number of nitrogens with one attached hydrogen (secondary N) is 1. The maximum atomic E-state index is 12.4. The van der Waals surface area contributed by atoms with Gasteiger partial charge in [0.2, 0.25) is 0 Å². The molecule has 0 bridgehead atoms. The van der Waals surface area contributed by atoms with Crippen LogP contribution < -0.4 is 5.43 Å². The number of aryl methyl sites for hydroxylation is 1. The normalized spacial score (nSPS) is 11.3. The summed E-state index contributed by atoms with van der Waals surface area (Å²) in [6.45, 7) is 1.77. The van der Waals surface area contributed by atoms with E-state index in [0.29, 0.717) is 32.6 Å². The van der Waals surface area contributed by atoms with Gasteiger partial charge in [-0.05, 0) is 47.1 Å². The van der Waals surface area contributed by atoms with Crippen LogP contribution in [0.4, 0.5) is 0 Å². The van der Waals surface area contributed by atoms with E-state index in [1.54, 1.807) is 35.7 Å². The van der Waals surface area contributed by atoms with Crippen molar-refractivity contribution in [3.63, 3.8) is 0 Å². The van der Waals surface area contributed by atoms with Crippen LogP contribution in [0, 0.1) is 6.92 Å². The molecule has 1 amide bonds. The van der Waals surface area contributed by atoms with Crippen molar-refractivity contribution in [2.75, 3.05) is 0 Å². The molecule has 0 aliphatic rings. The molecule has 122 valence electrons. The first kappa shape index (κ1) is 17.0. The molecule has 0 aliphatic heterocycles. The molecule has 1 aromatic carbocycles. The van der Waals surface area contributed by atoms with Crippen LogP contribution in [0.5, 0.6) is 0 Å². The Kier molecular flexibility index (Phi) is 4.89. The predicted octanol–water partition coefficient (Wildman–Crippen LogP) is 4.48. The lowest BCUT2D eigenvalue weighted by atomic mass is 10.2. The molecule has 0 unspecified atom stereocenters. The summed E-state index contributed by atoms with van der Waals surface area (Å²) in [6.07, 6.45) is 3.25. The van der Waals surface area contributed by atoms with E-state index in [4.69, 9.17) is 23.2 Å². The second-order valence-corrected chi connectivity index (χ2v) is 6.75. The average molecular weight is 426 g/mol. The van der Waals surface area contributed by atoms with Gasteiger partial charge in [-0.1, -0.05) is 29.3 Å². The number of halogens is 3. The molecule has 0 spiro atoms. The minimum atomic E-state index is -0.362. The van der Waals surface area contributed by atoms with Gasteiger partial charge in [-0.25, -0.2) is 10.4 Å². The van der Waals surface area contributed by atoms with Crippen LogP contribution in [-0.2, 0) is 0 Å². The summed E-state index contributed by atoms with van der Waals surface area (Å²) >= 11 is 15.3. The lowest BCUT2D eigenvalue weighted by molar-refractivity contribution is 0.0948. The zero-order valence-corrected chi connectivity index (χ0v) is 15.5. The van der Waals surface area contributed by atoms with Crippen LogP contribution >= 0.6 is 39.1 Å². The number of carbonyl (C=O) groups is 1. The molecule has 0 aliphatic carbocycles. The van der Waals surface area contributed by atoms with Crippen LogP contribution in [0.15, 0.2) is 46.1 Å². The van der Waals surface area contributed by atoms with Gasteiger partial charge in [0, 0.05) is 21.3 Å².